The Hall–Kier alpha value is -0.820. The van der Waals surface area contributed by atoms with Crippen molar-refractivity contribution in [1.29, 1.82) is 0 Å². The fourth-order valence-corrected chi connectivity index (χ4v) is 4.57. The van der Waals surface area contributed by atoms with Gasteiger partial charge in [-0.15, -0.1) is 0 Å². The van der Waals surface area contributed by atoms with Gasteiger partial charge >= 0.3 is 0 Å². The Kier molecular flexibility index (Phi) is 4.30. The largest absolute Gasteiger partial charge is 0.398 e. The second kappa shape index (κ2) is 5.52. The van der Waals surface area contributed by atoms with Crippen LogP contribution in [0.3, 0.4) is 0 Å². The lowest BCUT2D eigenvalue weighted by atomic mass is 10.2. The molecule has 2 atom stereocenters. The summed E-state index contributed by atoms with van der Waals surface area (Å²) >= 11 is 5.94. The van der Waals surface area contributed by atoms with E-state index in [4.69, 9.17) is 22.1 Å². The first-order chi connectivity index (χ1) is 9.21. The Morgan fingerprint density at radius 2 is 1.85 bits per heavy atom. The maximum Gasteiger partial charge on any atom is 0.243 e. The summed E-state index contributed by atoms with van der Waals surface area (Å²) in [7, 11) is -3.61. The zero-order chi connectivity index (χ0) is 15.1. The van der Waals surface area contributed by atoms with Crippen molar-refractivity contribution < 1.29 is 13.2 Å². The minimum Gasteiger partial charge on any atom is -0.398 e. The lowest BCUT2D eigenvalue weighted by Gasteiger charge is -2.34. The van der Waals surface area contributed by atoms with Gasteiger partial charge in [-0.2, -0.15) is 4.31 Å². The van der Waals surface area contributed by atoms with Gasteiger partial charge in [-0.05, 0) is 38.5 Å². The van der Waals surface area contributed by atoms with Crippen molar-refractivity contribution in [3.63, 3.8) is 0 Å². The molecule has 1 heterocycles. The van der Waals surface area contributed by atoms with Gasteiger partial charge in [0, 0.05) is 23.8 Å². The average molecular weight is 319 g/mol. The molecule has 1 aliphatic rings. The van der Waals surface area contributed by atoms with E-state index in [1.54, 1.807) is 13.0 Å². The summed E-state index contributed by atoms with van der Waals surface area (Å²) in [5.41, 5.74) is 6.72. The van der Waals surface area contributed by atoms with Crippen LogP contribution in [0.15, 0.2) is 17.0 Å². The van der Waals surface area contributed by atoms with Crippen molar-refractivity contribution in [2.45, 2.75) is 37.9 Å². The van der Waals surface area contributed by atoms with E-state index in [2.05, 4.69) is 0 Å². The second-order valence-electron chi connectivity index (χ2n) is 5.20. The monoisotopic (exact) mass is 318 g/mol. The Morgan fingerprint density at radius 1 is 1.30 bits per heavy atom. The molecule has 1 fully saturated rings. The first-order valence-corrected chi connectivity index (χ1v) is 8.25. The van der Waals surface area contributed by atoms with Gasteiger partial charge in [-0.3, -0.25) is 0 Å². The summed E-state index contributed by atoms with van der Waals surface area (Å²) in [5, 5.41) is 0.320. The van der Waals surface area contributed by atoms with Crippen LogP contribution in [-0.4, -0.2) is 38.0 Å². The molecule has 1 saturated heterocycles. The molecule has 0 aromatic heterocycles. The summed E-state index contributed by atoms with van der Waals surface area (Å²) in [5.74, 6) is 0. The van der Waals surface area contributed by atoms with Gasteiger partial charge < -0.3 is 10.5 Å². The molecule has 0 unspecified atom stereocenters. The van der Waals surface area contributed by atoms with Crippen LogP contribution in [-0.2, 0) is 14.8 Å². The molecule has 20 heavy (non-hydrogen) atoms. The minimum atomic E-state index is -3.61. The summed E-state index contributed by atoms with van der Waals surface area (Å²) < 4.78 is 32.5. The number of hydrogen-bond acceptors (Lipinski definition) is 4. The van der Waals surface area contributed by atoms with Gasteiger partial charge in [0.25, 0.3) is 0 Å². The molecule has 0 spiro atoms. The van der Waals surface area contributed by atoms with E-state index in [1.165, 1.54) is 10.4 Å². The first-order valence-electron chi connectivity index (χ1n) is 6.43. The normalized spacial score (nSPS) is 24.8. The van der Waals surface area contributed by atoms with E-state index in [0.717, 1.165) is 0 Å². The third kappa shape index (κ3) is 2.93. The number of rotatable bonds is 2. The lowest BCUT2D eigenvalue weighted by molar-refractivity contribution is -0.0440. The highest BCUT2D eigenvalue weighted by molar-refractivity contribution is 7.89. The molecule has 2 rings (SSSR count). The number of anilines is 1. The lowest BCUT2D eigenvalue weighted by Crippen LogP contribution is -2.48. The molecule has 1 aromatic rings. The van der Waals surface area contributed by atoms with Crippen LogP contribution in [0.25, 0.3) is 0 Å². The van der Waals surface area contributed by atoms with E-state index in [9.17, 15) is 8.42 Å². The SMILES string of the molecule is Cc1c(N)cc(Cl)cc1S(=O)(=O)N1C[C@@H](C)O[C@@H](C)C1. The van der Waals surface area contributed by atoms with Crippen LogP contribution >= 0.6 is 11.6 Å². The maximum atomic E-state index is 12.8. The van der Waals surface area contributed by atoms with Crippen molar-refractivity contribution in [2.75, 3.05) is 18.8 Å². The Bertz CT molecular complexity index is 608. The molecule has 5 nitrogen and oxygen atoms in total. The molecule has 2 N–H and O–H groups in total. The zero-order valence-corrected chi connectivity index (χ0v) is 13.3. The molecule has 7 heteroatoms. The van der Waals surface area contributed by atoms with Crippen molar-refractivity contribution in [3.8, 4) is 0 Å². The van der Waals surface area contributed by atoms with Crippen LogP contribution < -0.4 is 5.73 Å². The van der Waals surface area contributed by atoms with Crippen molar-refractivity contribution in [1.82, 2.24) is 4.31 Å². The maximum absolute atomic E-state index is 12.8. The number of benzene rings is 1. The fourth-order valence-electron chi connectivity index (χ4n) is 2.41. The molecule has 0 aliphatic carbocycles. The summed E-state index contributed by atoms with van der Waals surface area (Å²) in [4.78, 5) is 0.170. The van der Waals surface area contributed by atoms with Crippen LogP contribution in [0.2, 0.25) is 5.02 Å². The molecule has 0 bridgehead atoms. The average Bonchev–Trinajstić information content (AvgIpc) is 2.32. The third-order valence-electron chi connectivity index (χ3n) is 3.37. The molecule has 1 aromatic carbocycles. The van der Waals surface area contributed by atoms with E-state index in [1.807, 2.05) is 13.8 Å². The first kappa shape index (κ1) is 15.6. The smallest absolute Gasteiger partial charge is 0.243 e. The number of nitrogens with zero attached hydrogens (tertiary/aromatic N) is 1. The van der Waals surface area contributed by atoms with Crippen LogP contribution in [0.5, 0.6) is 0 Å². The van der Waals surface area contributed by atoms with Crippen LogP contribution in [0.1, 0.15) is 19.4 Å². The fraction of sp³-hybridized carbons (Fsp3) is 0.538. The van der Waals surface area contributed by atoms with E-state index in [0.29, 0.717) is 29.4 Å². The molecular weight excluding hydrogens is 300 g/mol. The number of nitrogen functional groups attached to an aromatic ring is 1. The summed E-state index contributed by atoms with van der Waals surface area (Å²) in [6, 6.07) is 3.01. The van der Waals surface area contributed by atoms with Gasteiger partial charge in [-0.1, -0.05) is 11.6 Å². The van der Waals surface area contributed by atoms with E-state index in [-0.39, 0.29) is 17.1 Å². The van der Waals surface area contributed by atoms with Gasteiger partial charge in [0.15, 0.2) is 0 Å². The van der Waals surface area contributed by atoms with Crippen LogP contribution in [0.4, 0.5) is 5.69 Å². The molecular formula is C13H19ClN2O3S. The third-order valence-corrected chi connectivity index (χ3v) is 5.54. The standard InChI is InChI=1S/C13H19ClN2O3S/c1-8-6-16(7-9(2)19-8)20(17,18)13-5-11(14)4-12(15)10(13)3/h4-5,8-9H,6-7,15H2,1-3H3/t8-,9+. The second-order valence-corrected chi connectivity index (χ2v) is 7.54. The van der Waals surface area contributed by atoms with Crippen molar-refractivity contribution >= 4 is 27.3 Å². The number of hydrogen-bond donors (Lipinski definition) is 1. The Balaban J connectivity index is 2.45. The number of ether oxygens (including phenoxy) is 1. The van der Waals surface area contributed by atoms with E-state index >= 15 is 0 Å². The highest BCUT2D eigenvalue weighted by Crippen LogP contribution is 2.29. The molecule has 0 radical (unpaired) electrons. The molecule has 0 amide bonds. The topological polar surface area (TPSA) is 72.6 Å². The molecule has 1 aliphatic heterocycles. The Labute approximate surface area is 124 Å². The number of morpholine rings is 1. The quantitative estimate of drug-likeness (QED) is 0.847. The Morgan fingerprint density at radius 3 is 2.40 bits per heavy atom. The molecule has 0 saturated carbocycles. The van der Waals surface area contributed by atoms with Crippen molar-refractivity contribution in [2.24, 2.45) is 0 Å². The van der Waals surface area contributed by atoms with E-state index < -0.39 is 10.0 Å². The van der Waals surface area contributed by atoms with Crippen molar-refractivity contribution in [3.05, 3.63) is 22.7 Å². The summed E-state index contributed by atoms with van der Waals surface area (Å²) in [6.07, 6.45) is -0.268. The van der Waals surface area contributed by atoms with Gasteiger partial charge in [-0.25, -0.2) is 8.42 Å². The highest BCUT2D eigenvalue weighted by Gasteiger charge is 2.33. The predicted octanol–water partition coefficient (Wildman–Crippen LogP) is 2.03. The van der Waals surface area contributed by atoms with Gasteiger partial charge in [0.1, 0.15) is 0 Å². The number of nitrogens with two attached hydrogens (primary N) is 1. The van der Waals surface area contributed by atoms with Crippen LogP contribution in [0, 0.1) is 6.92 Å². The zero-order valence-electron chi connectivity index (χ0n) is 11.8. The van der Waals surface area contributed by atoms with Gasteiger partial charge in [0.05, 0.1) is 17.1 Å². The predicted molar refractivity (Wildman–Crippen MR) is 79.4 cm³/mol. The molecule has 112 valence electrons. The highest BCUT2D eigenvalue weighted by atomic mass is 35.5. The van der Waals surface area contributed by atoms with Gasteiger partial charge in [0.2, 0.25) is 10.0 Å². The summed E-state index contributed by atoms with van der Waals surface area (Å²) in [6.45, 7) is 6.07. The minimum absolute atomic E-state index is 0.134. The number of halogens is 1. The number of sulfonamides is 1.